The summed E-state index contributed by atoms with van der Waals surface area (Å²) in [5.41, 5.74) is 2.65. The van der Waals surface area contributed by atoms with Crippen LogP contribution in [-0.4, -0.2) is 5.91 Å². The highest BCUT2D eigenvalue weighted by atomic mass is 32.1. The summed E-state index contributed by atoms with van der Waals surface area (Å²) in [6.07, 6.45) is 3.27. The highest BCUT2D eigenvalue weighted by Gasteiger charge is 2.22. The molecule has 22 heavy (non-hydrogen) atoms. The van der Waals surface area contributed by atoms with Crippen LogP contribution >= 0.6 is 11.3 Å². The van der Waals surface area contributed by atoms with Gasteiger partial charge < -0.3 is 5.32 Å². The maximum absolute atomic E-state index is 12.6. The molecule has 4 rings (SSSR count). The minimum absolute atomic E-state index is 0.0444. The summed E-state index contributed by atoms with van der Waals surface area (Å²) >= 11 is 1.56. The summed E-state index contributed by atoms with van der Waals surface area (Å²) in [5, 5.41) is 4.36. The number of benzene rings is 2. The van der Waals surface area contributed by atoms with Crippen LogP contribution in [0.25, 0.3) is 10.1 Å². The maximum atomic E-state index is 12.6. The molecular formula is C19H17NOS. The molecule has 1 amide bonds. The highest BCUT2D eigenvalue weighted by molar-refractivity contribution is 7.20. The van der Waals surface area contributed by atoms with Gasteiger partial charge in [-0.1, -0.05) is 42.5 Å². The number of carbonyl (C=O) groups excluding carboxylic acids is 1. The predicted molar refractivity (Wildman–Crippen MR) is 91.4 cm³/mol. The third-order valence-corrected chi connectivity index (χ3v) is 5.44. The highest BCUT2D eigenvalue weighted by Crippen LogP contribution is 2.31. The van der Waals surface area contributed by atoms with Gasteiger partial charge in [-0.15, -0.1) is 11.3 Å². The van der Waals surface area contributed by atoms with Crippen molar-refractivity contribution in [1.82, 2.24) is 5.32 Å². The molecule has 0 saturated heterocycles. The second-order valence-electron chi connectivity index (χ2n) is 5.77. The average Bonchev–Trinajstić information content (AvgIpc) is 2.99. The Labute approximate surface area is 133 Å². The molecule has 1 aliphatic rings. The van der Waals surface area contributed by atoms with Gasteiger partial charge in [0.05, 0.1) is 10.9 Å². The smallest absolute Gasteiger partial charge is 0.261 e. The zero-order valence-corrected chi connectivity index (χ0v) is 13.0. The second kappa shape index (κ2) is 5.58. The Morgan fingerprint density at radius 2 is 1.91 bits per heavy atom. The van der Waals surface area contributed by atoms with Crippen molar-refractivity contribution >= 4 is 27.3 Å². The largest absolute Gasteiger partial charge is 0.345 e. The lowest BCUT2D eigenvalue weighted by Crippen LogP contribution is -2.30. The molecule has 1 aliphatic carbocycles. The molecule has 0 bridgehead atoms. The monoisotopic (exact) mass is 307 g/mol. The van der Waals surface area contributed by atoms with Crippen molar-refractivity contribution in [1.29, 1.82) is 0 Å². The molecule has 0 spiro atoms. The molecule has 0 unspecified atom stereocenters. The van der Waals surface area contributed by atoms with E-state index in [-0.39, 0.29) is 11.9 Å². The van der Waals surface area contributed by atoms with Crippen LogP contribution in [0, 0.1) is 0 Å². The van der Waals surface area contributed by atoms with Gasteiger partial charge in [0.25, 0.3) is 5.91 Å². The number of amides is 1. The minimum atomic E-state index is 0.0444. The first-order chi connectivity index (χ1) is 10.8. The molecule has 0 fully saturated rings. The summed E-state index contributed by atoms with van der Waals surface area (Å²) in [7, 11) is 0. The maximum Gasteiger partial charge on any atom is 0.261 e. The molecule has 0 radical (unpaired) electrons. The number of thiophene rings is 1. The van der Waals surface area contributed by atoms with Crippen LogP contribution in [0.2, 0.25) is 0 Å². The van der Waals surface area contributed by atoms with E-state index in [1.807, 2.05) is 18.2 Å². The summed E-state index contributed by atoms with van der Waals surface area (Å²) in [6, 6.07) is 18.7. The summed E-state index contributed by atoms with van der Waals surface area (Å²) < 4.78 is 1.16. The fourth-order valence-corrected chi connectivity index (χ4v) is 4.19. The van der Waals surface area contributed by atoms with Gasteiger partial charge in [0.15, 0.2) is 0 Å². The average molecular weight is 307 g/mol. The number of hydrogen-bond acceptors (Lipinski definition) is 2. The SMILES string of the molecule is O=C(N[C@@H]1CCCc2ccccc21)c1cc2ccccc2s1. The molecular weight excluding hydrogens is 290 g/mol. The van der Waals surface area contributed by atoms with Crippen molar-refractivity contribution < 1.29 is 4.79 Å². The van der Waals surface area contributed by atoms with Gasteiger partial charge in [0.2, 0.25) is 0 Å². The van der Waals surface area contributed by atoms with Crippen molar-refractivity contribution in [3.8, 4) is 0 Å². The Kier molecular flexibility index (Phi) is 3.43. The van der Waals surface area contributed by atoms with Crippen LogP contribution in [-0.2, 0) is 6.42 Å². The molecule has 0 aliphatic heterocycles. The topological polar surface area (TPSA) is 29.1 Å². The van der Waals surface area contributed by atoms with Crippen LogP contribution in [0.1, 0.15) is 39.7 Å². The Morgan fingerprint density at radius 1 is 1.09 bits per heavy atom. The lowest BCUT2D eigenvalue weighted by Gasteiger charge is -2.26. The van der Waals surface area contributed by atoms with E-state index in [1.54, 1.807) is 11.3 Å². The van der Waals surface area contributed by atoms with Crippen molar-refractivity contribution in [2.75, 3.05) is 0 Å². The molecule has 2 nitrogen and oxygen atoms in total. The van der Waals surface area contributed by atoms with Gasteiger partial charge in [-0.05, 0) is 47.9 Å². The van der Waals surface area contributed by atoms with Crippen LogP contribution < -0.4 is 5.32 Å². The summed E-state index contributed by atoms with van der Waals surface area (Å²) in [6.45, 7) is 0. The van der Waals surface area contributed by atoms with E-state index in [0.29, 0.717) is 0 Å². The van der Waals surface area contributed by atoms with Crippen LogP contribution in [0.4, 0.5) is 0 Å². The second-order valence-corrected chi connectivity index (χ2v) is 6.85. The Bertz CT molecular complexity index is 803. The zero-order chi connectivity index (χ0) is 14.9. The van der Waals surface area contributed by atoms with E-state index in [0.717, 1.165) is 34.2 Å². The Balaban J connectivity index is 1.60. The quantitative estimate of drug-likeness (QED) is 0.730. The molecule has 3 heteroatoms. The van der Waals surface area contributed by atoms with E-state index >= 15 is 0 Å². The van der Waals surface area contributed by atoms with Gasteiger partial charge in [0, 0.05) is 4.70 Å². The molecule has 0 saturated carbocycles. The molecule has 1 aromatic heterocycles. The van der Waals surface area contributed by atoms with E-state index in [9.17, 15) is 4.79 Å². The number of aryl methyl sites for hydroxylation is 1. The third-order valence-electron chi connectivity index (χ3n) is 4.32. The van der Waals surface area contributed by atoms with Crippen molar-refractivity contribution in [2.24, 2.45) is 0 Å². The zero-order valence-electron chi connectivity index (χ0n) is 12.2. The number of nitrogens with one attached hydrogen (secondary N) is 1. The van der Waals surface area contributed by atoms with Gasteiger partial charge in [-0.25, -0.2) is 0 Å². The lowest BCUT2D eigenvalue weighted by atomic mass is 9.88. The number of carbonyl (C=O) groups is 1. The van der Waals surface area contributed by atoms with Gasteiger partial charge in [-0.2, -0.15) is 0 Å². The molecule has 2 aromatic carbocycles. The Morgan fingerprint density at radius 3 is 2.82 bits per heavy atom. The van der Waals surface area contributed by atoms with Gasteiger partial charge in [0.1, 0.15) is 0 Å². The summed E-state index contributed by atoms with van der Waals surface area (Å²) in [5.74, 6) is 0.0444. The molecule has 1 N–H and O–H groups in total. The molecule has 3 aromatic rings. The van der Waals surface area contributed by atoms with Crippen LogP contribution in [0.3, 0.4) is 0 Å². The first-order valence-corrected chi connectivity index (χ1v) is 8.50. The van der Waals surface area contributed by atoms with Crippen molar-refractivity contribution in [3.05, 3.63) is 70.6 Å². The van der Waals surface area contributed by atoms with E-state index in [1.165, 1.54) is 11.1 Å². The van der Waals surface area contributed by atoms with Crippen LogP contribution in [0.5, 0.6) is 0 Å². The third kappa shape index (κ3) is 2.42. The number of fused-ring (bicyclic) bond motifs is 2. The first-order valence-electron chi connectivity index (χ1n) is 7.68. The number of rotatable bonds is 2. The fraction of sp³-hybridized carbons (Fsp3) is 0.211. The van der Waals surface area contributed by atoms with E-state index in [4.69, 9.17) is 0 Å². The standard InChI is InChI=1S/C19H17NOS/c21-19(18-12-14-7-2-4-11-17(14)22-18)20-16-10-5-8-13-6-1-3-9-15(13)16/h1-4,6-7,9,11-12,16H,5,8,10H2,(H,20,21)/t16-/m1/s1. The molecule has 1 atom stereocenters. The first kappa shape index (κ1) is 13.5. The fourth-order valence-electron chi connectivity index (χ4n) is 3.23. The number of hydrogen-bond donors (Lipinski definition) is 1. The predicted octanol–water partition coefficient (Wildman–Crippen LogP) is 4.71. The minimum Gasteiger partial charge on any atom is -0.345 e. The van der Waals surface area contributed by atoms with E-state index in [2.05, 4.69) is 41.7 Å². The van der Waals surface area contributed by atoms with E-state index < -0.39 is 0 Å². The Hall–Kier alpha value is -2.13. The van der Waals surface area contributed by atoms with Crippen LogP contribution in [0.15, 0.2) is 54.6 Å². The molecule has 110 valence electrons. The molecule has 1 heterocycles. The van der Waals surface area contributed by atoms with Crippen molar-refractivity contribution in [2.45, 2.75) is 25.3 Å². The lowest BCUT2D eigenvalue weighted by molar-refractivity contribution is 0.0937. The normalized spacial score (nSPS) is 17.2. The van der Waals surface area contributed by atoms with Crippen molar-refractivity contribution in [3.63, 3.8) is 0 Å². The summed E-state index contributed by atoms with van der Waals surface area (Å²) in [4.78, 5) is 13.4. The van der Waals surface area contributed by atoms with Gasteiger partial charge in [-0.3, -0.25) is 4.79 Å². The van der Waals surface area contributed by atoms with Gasteiger partial charge >= 0.3 is 0 Å².